The molecule has 4 nitrogen and oxygen atoms in total. The van der Waals surface area contributed by atoms with E-state index in [1.54, 1.807) is 11.3 Å². The summed E-state index contributed by atoms with van der Waals surface area (Å²) in [7, 11) is 0. The number of thiophene rings is 1. The summed E-state index contributed by atoms with van der Waals surface area (Å²) in [4.78, 5) is 18.0. The summed E-state index contributed by atoms with van der Waals surface area (Å²) in [6.45, 7) is 6.10. The van der Waals surface area contributed by atoms with Crippen LogP contribution in [0.25, 0.3) is 5.00 Å². The number of carboxylic acids is 1. The van der Waals surface area contributed by atoms with Crippen molar-refractivity contribution in [1.29, 1.82) is 0 Å². The summed E-state index contributed by atoms with van der Waals surface area (Å²) in [5, 5.41) is 10.8. The Kier molecular flexibility index (Phi) is 5.49. The zero-order valence-electron chi connectivity index (χ0n) is 16.8. The van der Waals surface area contributed by atoms with E-state index in [0.717, 1.165) is 68.9 Å². The van der Waals surface area contributed by atoms with E-state index in [0.29, 0.717) is 5.56 Å². The number of aliphatic imine (C=N–C) groups is 1. The smallest absolute Gasteiger partial charge is 0.339 e. The van der Waals surface area contributed by atoms with Crippen molar-refractivity contribution < 1.29 is 9.90 Å². The zero-order chi connectivity index (χ0) is 20.7. The number of fused-ring (bicyclic) bond motifs is 1. The van der Waals surface area contributed by atoms with Crippen molar-refractivity contribution >= 4 is 45.1 Å². The number of aryl methyl sites for hydroxylation is 3. The van der Waals surface area contributed by atoms with Crippen LogP contribution in [0.2, 0.25) is 0 Å². The van der Waals surface area contributed by atoms with Crippen molar-refractivity contribution in [3.05, 3.63) is 67.3 Å². The highest BCUT2D eigenvalue weighted by Crippen LogP contribution is 2.38. The molecule has 3 aromatic rings. The fraction of sp³-hybridized carbons (Fsp3) is 0.304. The van der Waals surface area contributed by atoms with Gasteiger partial charge in [-0.2, -0.15) is 0 Å². The van der Waals surface area contributed by atoms with Crippen molar-refractivity contribution in [2.75, 3.05) is 0 Å². The van der Waals surface area contributed by atoms with Gasteiger partial charge < -0.3 is 9.67 Å². The van der Waals surface area contributed by atoms with E-state index >= 15 is 0 Å². The molecule has 1 aliphatic rings. The number of hydrogen-bond acceptors (Lipinski definition) is 3. The summed E-state index contributed by atoms with van der Waals surface area (Å²) < 4.78 is 3.12. The van der Waals surface area contributed by atoms with Crippen LogP contribution >= 0.6 is 27.3 Å². The summed E-state index contributed by atoms with van der Waals surface area (Å²) in [6, 6.07) is 8.10. The quantitative estimate of drug-likeness (QED) is 0.439. The number of nitrogens with zero attached hydrogens (tertiary/aromatic N) is 2. The van der Waals surface area contributed by atoms with Gasteiger partial charge in [-0.15, -0.1) is 11.3 Å². The van der Waals surface area contributed by atoms with Crippen molar-refractivity contribution in [2.24, 2.45) is 4.99 Å². The second-order valence-electron chi connectivity index (χ2n) is 7.55. The first-order valence-electron chi connectivity index (χ1n) is 9.74. The number of carboxylic acid groups (broad SMARTS) is 1. The molecule has 4 rings (SSSR count). The number of carbonyl (C=O) groups is 1. The van der Waals surface area contributed by atoms with Gasteiger partial charge in [0.15, 0.2) is 0 Å². The molecular formula is C23H23BrN2O2S. The molecule has 0 atom stereocenters. The first-order valence-corrected chi connectivity index (χ1v) is 11.3. The van der Waals surface area contributed by atoms with Gasteiger partial charge in [-0.05, 0) is 81.8 Å². The highest BCUT2D eigenvalue weighted by atomic mass is 79.9. The molecule has 0 saturated carbocycles. The van der Waals surface area contributed by atoms with Gasteiger partial charge in [0.2, 0.25) is 0 Å². The number of rotatable bonds is 4. The number of benzene rings is 1. The maximum atomic E-state index is 12.1. The van der Waals surface area contributed by atoms with Crippen LogP contribution < -0.4 is 0 Å². The van der Waals surface area contributed by atoms with Crippen molar-refractivity contribution in [3.8, 4) is 5.00 Å². The van der Waals surface area contributed by atoms with E-state index in [4.69, 9.17) is 0 Å². The molecule has 1 aromatic carbocycles. The first kappa shape index (κ1) is 20.1. The third kappa shape index (κ3) is 3.71. The van der Waals surface area contributed by atoms with Gasteiger partial charge in [0.25, 0.3) is 0 Å². The Morgan fingerprint density at radius 1 is 1.21 bits per heavy atom. The molecule has 0 spiro atoms. The summed E-state index contributed by atoms with van der Waals surface area (Å²) in [5.41, 5.74) is 6.60. The highest BCUT2D eigenvalue weighted by Gasteiger charge is 2.27. The summed E-state index contributed by atoms with van der Waals surface area (Å²) in [6.07, 6.45) is 5.93. The molecule has 1 N–H and O–H groups in total. The van der Waals surface area contributed by atoms with Gasteiger partial charge in [-0.3, -0.25) is 4.99 Å². The third-order valence-electron chi connectivity index (χ3n) is 5.54. The zero-order valence-corrected chi connectivity index (χ0v) is 19.2. The molecule has 150 valence electrons. The van der Waals surface area contributed by atoms with Crippen LogP contribution in [0.1, 0.15) is 56.2 Å². The summed E-state index contributed by atoms with van der Waals surface area (Å²) >= 11 is 5.12. The molecular weight excluding hydrogens is 448 g/mol. The van der Waals surface area contributed by atoms with Crippen LogP contribution in [-0.4, -0.2) is 21.9 Å². The average Bonchev–Trinajstić information content (AvgIpc) is 3.17. The maximum Gasteiger partial charge on any atom is 0.339 e. The van der Waals surface area contributed by atoms with Crippen LogP contribution in [0.4, 0.5) is 5.69 Å². The van der Waals surface area contributed by atoms with Crippen LogP contribution in [0.3, 0.4) is 0 Å². The number of aromatic carboxylic acids is 1. The van der Waals surface area contributed by atoms with Gasteiger partial charge in [0.05, 0.1) is 11.3 Å². The minimum atomic E-state index is -0.826. The molecule has 0 fully saturated rings. The largest absolute Gasteiger partial charge is 0.478 e. The minimum Gasteiger partial charge on any atom is -0.478 e. The van der Waals surface area contributed by atoms with E-state index < -0.39 is 5.97 Å². The Balaban J connectivity index is 1.78. The Bertz CT molecular complexity index is 1140. The molecule has 0 amide bonds. The topological polar surface area (TPSA) is 54.6 Å². The lowest BCUT2D eigenvalue weighted by Crippen LogP contribution is -2.09. The maximum absolute atomic E-state index is 12.1. The third-order valence-corrected chi connectivity index (χ3v) is 7.31. The lowest BCUT2D eigenvalue weighted by Gasteiger charge is -2.11. The molecule has 0 aliphatic heterocycles. The van der Waals surface area contributed by atoms with E-state index in [1.165, 1.54) is 4.88 Å². The van der Waals surface area contributed by atoms with Gasteiger partial charge in [-0.1, -0.05) is 15.9 Å². The lowest BCUT2D eigenvalue weighted by molar-refractivity contribution is 0.0696. The lowest BCUT2D eigenvalue weighted by atomic mass is 9.95. The Morgan fingerprint density at radius 2 is 1.97 bits per heavy atom. The fourth-order valence-corrected chi connectivity index (χ4v) is 6.03. The molecule has 0 unspecified atom stereocenters. The Morgan fingerprint density at radius 3 is 2.69 bits per heavy atom. The van der Waals surface area contributed by atoms with E-state index in [2.05, 4.69) is 31.6 Å². The molecule has 29 heavy (non-hydrogen) atoms. The first-order chi connectivity index (χ1) is 13.9. The van der Waals surface area contributed by atoms with Crippen LogP contribution in [0.5, 0.6) is 0 Å². The predicted molar refractivity (Wildman–Crippen MR) is 123 cm³/mol. The fourth-order valence-electron chi connectivity index (χ4n) is 4.06. The molecule has 0 radical (unpaired) electrons. The molecule has 6 heteroatoms. The molecule has 2 heterocycles. The molecule has 2 aromatic heterocycles. The number of halogens is 1. The molecule has 0 bridgehead atoms. The van der Waals surface area contributed by atoms with Gasteiger partial charge in [-0.25, -0.2) is 4.79 Å². The van der Waals surface area contributed by atoms with Gasteiger partial charge in [0.1, 0.15) is 5.00 Å². The standard InChI is InChI=1S/C23H23BrN2O2S/c1-13-10-17(24)8-9-19(13)25-12-16-11-14(2)26(15(16)3)22-21(23(27)28)18-6-4-5-7-20(18)29-22/h8-12H,4-7H2,1-3H3,(H,27,28). The second-order valence-corrected chi connectivity index (χ2v) is 9.55. The Hall–Kier alpha value is -2.18. The van der Waals surface area contributed by atoms with Crippen molar-refractivity contribution in [3.63, 3.8) is 0 Å². The van der Waals surface area contributed by atoms with Crippen molar-refractivity contribution in [1.82, 2.24) is 4.57 Å². The SMILES string of the molecule is Cc1cc(Br)ccc1N=Cc1cc(C)n(-c2sc3c(c2C(=O)O)CCCC3)c1C. The number of hydrogen-bond donors (Lipinski definition) is 1. The Labute approximate surface area is 183 Å². The van der Waals surface area contributed by atoms with E-state index in [1.807, 2.05) is 45.2 Å². The van der Waals surface area contributed by atoms with Crippen LogP contribution in [-0.2, 0) is 12.8 Å². The highest BCUT2D eigenvalue weighted by molar-refractivity contribution is 9.10. The predicted octanol–water partition coefficient (Wildman–Crippen LogP) is 6.55. The molecule has 0 saturated heterocycles. The van der Waals surface area contributed by atoms with Crippen molar-refractivity contribution in [2.45, 2.75) is 46.5 Å². The number of aromatic nitrogens is 1. The summed E-state index contributed by atoms with van der Waals surface area (Å²) in [5.74, 6) is -0.826. The minimum absolute atomic E-state index is 0.485. The average molecular weight is 471 g/mol. The monoisotopic (exact) mass is 470 g/mol. The van der Waals surface area contributed by atoms with E-state index in [9.17, 15) is 9.90 Å². The van der Waals surface area contributed by atoms with Crippen LogP contribution in [0.15, 0.2) is 33.7 Å². The van der Waals surface area contributed by atoms with Crippen LogP contribution in [0, 0.1) is 20.8 Å². The van der Waals surface area contributed by atoms with E-state index in [-0.39, 0.29) is 0 Å². The van der Waals surface area contributed by atoms with Gasteiger partial charge >= 0.3 is 5.97 Å². The second kappa shape index (κ2) is 7.92. The normalized spacial score (nSPS) is 13.8. The molecule has 1 aliphatic carbocycles. The van der Waals surface area contributed by atoms with Gasteiger partial charge in [0, 0.05) is 32.5 Å².